The van der Waals surface area contributed by atoms with Crippen molar-refractivity contribution in [1.82, 2.24) is 5.32 Å². The van der Waals surface area contributed by atoms with Crippen LogP contribution < -0.4 is 11.1 Å². The van der Waals surface area contributed by atoms with Crippen LogP contribution in [0.2, 0.25) is 0 Å². The lowest BCUT2D eigenvalue weighted by molar-refractivity contribution is 0.0916. The summed E-state index contributed by atoms with van der Waals surface area (Å²) < 4.78 is 0. The summed E-state index contributed by atoms with van der Waals surface area (Å²) in [6, 6.07) is 12.5. The number of nitrogen functional groups attached to an aromatic ring is 1. The number of hydrogen-bond donors (Lipinski definition) is 5. The first-order chi connectivity index (χ1) is 11.0. The molecule has 0 saturated heterocycles. The highest BCUT2D eigenvalue weighted by Crippen LogP contribution is 2.12. The van der Waals surface area contributed by atoms with Crippen LogP contribution in [-0.2, 0) is 6.42 Å². The highest BCUT2D eigenvalue weighted by molar-refractivity contribution is 5.98. The fraction of sp³-hybridized carbons (Fsp3) is 0.176. The van der Waals surface area contributed by atoms with E-state index >= 15 is 0 Å². The SMILES string of the molecule is N=C(N)c1ccc(C(=O)N[C@@H](CO)Cc2ccc(O)cc2)cc1. The number of phenols is 1. The Morgan fingerprint density at radius 3 is 2.17 bits per heavy atom. The maximum Gasteiger partial charge on any atom is 0.251 e. The Labute approximate surface area is 134 Å². The van der Waals surface area contributed by atoms with E-state index in [-0.39, 0.29) is 24.1 Å². The second-order valence-electron chi connectivity index (χ2n) is 5.21. The van der Waals surface area contributed by atoms with Gasteiger partial charge in [0, 0.05) is 11.1 Å². The Bertz CT molecular complexity index is 681. The predicted octanol–water partition coefficient (Wildman–Crippen LogP) is 1.01. The minimum Gasteiger partial charge on any atom is -0.508 e. The van der Waals surface area contributed by atoms with Gasteiger partial charge in [-0.05, 0) is 36.2 Å². The first kappa shape index (κ1) is 16.5. The number of rotatable bonds is 6. The lowest BCUT2D eigenvalue weighted by Crippen LogP contribution is -2.39. The molecule has 0 heterocycles. The van der Waals surface area contributed by atoms with Gasteiger partial charge in [0.15, 0.2) is 0 Å². The highest BCUT2D eigenvalue weighted by atomic mass is 16.3. The zero-order valence-electron chi connectivity index (χ0n) is 12.5. The monoisotopic (exact) mass is 313 g/mol. The molecule has 6 heteroatoms. The van der Waals surface area contributed by atoms with Gasteiger partial charge < -0.3 is 21.3 Å². The molecule has 0 spiro atoms. The molecule has 1 atom stereocenters. The minimum atomic E-state index is -0.431. The molecule has 120 valence electrons. The van der Waals surface area contributed by atoms with E-state index in [4.69, 9.17) is 11.1 Å². The first-order valence-electron chi connectivity index (χ1n) is 7.13. The Morgan fingerprint density at radius 1 is 1.09 bits per heavy atom. The number of nitrogens with one attached hydrogen (secondary N) is 2. The van der Waals surface area contributed by atoms with Gasteiger partial charge >= 0.3 is 0 Å². The number of amidine groups is 1. The molecular weight excluding hydrogens is 294 g/mol. The molecule has 0 radical (unpaired) electrons. The number of aliphatic hydroxyl groups is 1. The van der Waals surface area contributed by atoms with Crippen molar-refractivity contribution < 1.29 is 15.0 Å². The normalized spacial score (nSPS) is 11.7. The third-order valence-electron chi connectivity index (χ3n) is 3.43. The van der Waals surface area contributed by atoms with Crippen molar-refractivity contribution in [2.75, 3.05) is 6.61 Å². The topological polar surface area (TPSA) is 119 Å². The average molecular weight is 313 g/mol. The third-order valence-corrected chi connectivity index (χ3v) is 3.43. The van der Waals surface area contributed by atoms with Gasteiger partial charge in [-0.2, -0.15) is 0 Å². The number of nitrogens with two attached hydrogens (primary N) is 1. The van der Waals surface area contributed by atoms with Crippen LogP contribution in [0.4, 0.5) is 0 Å². The molecule has 6 N–H and O–H groups in total. The smallest absolute Gasteiger partial charge is 0.251 e. The van der Waals surface area contributed by atoms with Crippen molar-refractivity contribution in [2.24, 2.45) is 5.73 Å². The summed E-state index contributed by atoms with van der Waals surface area (Å²) >= 11 is 0. The van der Waals surface area contributed by atoms with Crippen LogP contribution in [0.1, 0.15) is 21.5 Å². The van der Waals surface area contributed by atoms with E-state index in [1.54, 1.807) is 48.5 Å². The standard InChI is InChI=1S/C17H19N3O3/c18-16(19)12-3-5-13(6-4-12)17(23)20-14(10-21)9-11-1-7-15(22)8-2-11/h1-8,14,21-22H,9-10H2,(H3,18,19)(H,20,23)/t14-/m1/s1. The fourth-order valence-corrected chi connectivity index (χ4v) is 2.15. The zero-order valence-corrected chi connectivity index (χ0v) is 12.5. The molecule has 0 aromatic heterocycles. The van der Waals surface area contributed by atoms with E-state index in [1.807, 2.05) is 0 Å². The van der Waals surface area contributed by atoms with E-state index in [0.29, 0.717) is 17.5 Å². The molecule has 1 amide bonds. The van der Waals surface area contributed by atoms with Gasteiger partial charge in [-0.3, -0.25) is 10.2 Å². The van der Waals surface area contributed by atoms with Crippen LogP contribution in [0.5, 0.6) is 5.75 Å². The first-order valence-corrected chi connectivity index (χ1v) is 7.13. The van der Waals surface area contributed by atoms with Crippen molar-refractivity contribution in [2.45, 2.75) is 12.5 Å². The van der Waals surface area contributed by atoms with Gasteiger partial charge in [0.25, 0.3) is 5.91 Å². The summed E-state index contributed by atoms with van der Waals surface area (Å²) in [6.07, 6.45) is 0.452. The van der Waals surface area contributed by atoms with Crippen molar-refractivity contribution in [3.8, 4) is 5.75 Å². The second-order valence-corrected chi connectivity index (χ2v) is 5.21. The number of amides is 1. The number of carbonyl (C=O) groups excluding carboxylic acids is 1. The van der Waals surface area contributed by atoms with Gasteiger partial charge in [-0.1, -0.05) is 24.3 Å². The molecule has 23 heavy (non-hydrogen) atoms. The molecule has 0 saturated carbocycles. The van der Waals surface area contributed by atoms with Crippen LogP contribution in [-0.4, -0.2) is 34.6 Å². The Hall–Kier alpha value is -2.86. The summed E-state index contributed by atoms with van der Waals surface area (Å²) in [5.41, 5.74) is 7.24. The number of carbonyl (C=O) groups is 1. The fourth-order valence-electron chi connectivity index (χ4n) is 2.15. The Morgan fingerprint density at radius 2 is 1.65 bits per heavy atom. The largest absolute Gasteiger partial charge is 0.508 e. The van der Waals surface area contributed by atoms with Crippen LogP contribution >= 0.6 is 0 Å². The summed E-state index contributed by atoms with van der Waals surface area (Å²) in [6.45, 7) is -0.196. The van der Waals surface area contributed by atoms with E-state index in [1.165, 1.54) is 0 Å². The maximum absolute atomic E-state index is 12.2. The van der Waals surface area contributed by atoms with Crippen molar-refractivity contribution in [3.63, 3.8) is 0 Å². The maximum atomic E-state index is 12.2. The van der Waals surface area contributed by atoms with E-state index in [9.17, 15) is 15.0 Å². The molecular formula is C17H19N3O3. The van der Waals surface area contributed by atoms with E-state index in [2.05, 4.69) is 5.32 Å². The number of phenolic OH excluding ortho intramolecular Hbond substituents is 1. The van der Waals surface area contributed by atoms with Crippen molar-refractivity contribution in [1.29, 1.82) is 5.41 Å². The van der Waals surface area contributed by atoms with Gasteiger partial charge in [-0.25, -0.2) is 0 Å². The molecule has 2 aromatic rings. The predicted molar refractivity (Wildman–Crippen MR) is 87.6 cm³/mol. The third kappa shape index (κ3) is 4.55. The van der Waals surface area contributed by atoms with Gasteiger partial charge in [0.05, 0.1) is 12.6 Å². The Balaban J connectivity index is 2.01. The van der Waals surface area contributed by atoms with Crippen LogP contribution in [0.15, 0.2) is 48.5 Å². The molecule has 0 aliphatic rings. The van der Waals surface area contributed by atoms with E-state index < -0.39 is 6.04 Å². The van der Waals surface area contributed by atoms with E-state index in [0.717, 1.165) is 5.56 Å². The van der Waals surface area contributed by atoms with Crippen LogP contribution in [0, 0.1) is 5.41 Å². The molecule has 6 nitrogen and oxygen atoms in total. The molecule has 0 fully saturated rings. The second kappa shape index (κ2) is 7.42. The Kier molecular flexibility index (Phi) is 5.32. The number of aliphatic hydroxyl groups excluding tert-OH is 1. The summed E-state index contributed by atoms with van der Waals surface area (Å²) in [5, 5.41) is 28.8. The summed E-state index contributed by atoms with van der Waals surface area (Å²) in [4.78, 5) is 12.2. The molecule has 0 bridgehead atoms. The van der Waals surface area contributed by atoms with Gasteiger partial charge in [-0.15, -0.1) is 0 Å². The quantitative estimate of drug-likeness (QED) is 0.404. The highest BCUT2D eigenvalue weighted by Gasteiger charge is 2.14. The molecule has 2 rings (SSSR count). The summed E-state index contributed by atoms with van der Waals surface area (Å²) in [5.74, 6) is -0.195. The molecule has 0 aliphatic heterocycles. The lowest BCUT2D eigenvalue weighted by Gasteiger charge is -2.16. The number of hydrogen-bond acceptors (Lipinski definition) is 4. The van der Waals surface area contributed by atoms with Gasteiger partial charge in [0.2, 0.25) is 0 Å². The van der Waals surface area contributed by atoms with Gasteiger partial charge in [0.1, 0.15) is 11.6 Å². The zero-order chi connectivity index (χ0) is 16.8. The minimum absolute atomic E-state index is 0.0578. The molecule has 2 aromatic carbocycles. The molecule has 0 aliphatic carbocycles. The summed E-state index contributed by atoms with van der Waals surface area (Å²) in [7, 11) is 0. The number of aromatic hydroxyl groups is 1. The molecule has 0 unspecified atom stereocenters. The number of benzene rings is 2. The van der Waals surface area contributed by atoms with Crippen LogP contribution in [0.3, 0.4) is 0 Å². The lowest BCUT2D eigenvalue weighted by atomic mass is 10.1. The van der Waals surface area contributed by atoms with Crippen molar-refractivity contribution >= 4 is 11.7 Å². The van der Waals surface area contributed by atoms with Crippen molar-refractivity contribution in [3.05, 3.63) is 65.2 Å². The average Bonchev–Trinajstić information content (AvgIpc) is 2.56. The van der Waals surface area contributed by atoms with Crippen LogP contribution in [0.25, 0.3) is 0 Å².